The van der Waals surface area contributed by atoms with Crippen molar-refractivity contribution in [3.8, 4) is 0 Å². The smallest absolute Gasteiger partial charge is 0.0852 e. The Morgan fingerprint density at radius 2 is 1.94 bits per heavy atom. The Morgan fingerprint density at radius 1 is 1.25 bits per heavy atom. The first kappa shape index (κ1) is 13.1. The van der Waals surface area contributed by atoms with E-state index < -0.39 is 0 Å². The van der Waals surface area contributed by atoms with Crippen LogP contribution in [0.25, 0.3) is 0 Å². The molecule has 0 saturated heterocycles. The summed E-state index contributed by atoms with van der Waals surface area (Å²) in [6.07, 6.45) is 6.72. The molecule has 3 atom stereocenters. The number of halogens is 1. The molecule has 3 unspecified atom stereocenters. The van der Waals surface area contributed by atoms with Crippen molar-refractivity contribution in [3.05, 3.63) is 0 Å². The molecule has 2 fully saturated rings. The zero-order chi connectivity index (χ0) is 11.8. The van der Waals surface area contributed by atoms with Crippen molar-refractivity contribution in [2.45, 2.75) is 58.5 Å². The van der Waals surface area contributed by atoms with Gasteiger partial charge in [-0.25, -0.2) is 0 Å². The molecule has 1 nitrogen and oxygen atoms in total. The molecule has 2 rings (SSSR count). The highest BCUT2D eigenvalue weighted by Crippen LogP contribution is 2.63. The van der Waals surface area contributed by atoms with Crippen LogP contribution in [-0.2, 0) is 4.74 Å². The van der Waals surface area contributed by atoms with E-state index in [0.29, 0.717) is 5.41 Å². The molecule has 0 aromatic rings. The fourth-order valence-corrected chi connectivity index (χ4v) is 5.78. The minimum absolute atomic E-state index is 0.186. The van der Waals surface area contributed by atoms with Crippen molar-refractivity contribution in [1.82, 2.24) is 0 Å². The molecule has 2 bridgehead atoms. The minimum Gasteiger partial charge on any atom is -0.373 e. The molecule has 94 valence electrons. The van der Waals surface area contributed by atoms with E-state index in [1.807, 2.05) is 0 Å². The summed E-state index contributed by atoms with van der Waals surface area (Å²) in [5.41, 5.74) is 0.580. The molecule has 0 aromatic heterocycles. The van der Waals surface area contributed by atoms with Gasteiger partial charge in [-0.15, -0.1) is 0 Å². The Kier molecular flexibility index (Phi) is 3.90. The highest BCUT2D eigenvalue weighted by Gasteiger charge is 2.63. The van der Waals surface area contributed by atoms with E-state index in [9.17, 15) is 0 Å². The van der Waals surface area contributed by atoms with E-state index in [0.717, 1.165) is 18.4 Å². The third kappa shape index (κ3) is 1.75. The van der Waals surface area contributed by atoms with Gasteiger partial charge in [-0.05, 0) is 42.9 Å². The highest BCUT2D eigenvalue weighted by molar-refractivity contribution is 14.1. The maximum atomic E-state index is 6.42. The van der Waals surface area contributed by atoms with Crippen molar-refractivity contribution in [2.24, 2.45) is 17.3 Å². The van der Waals surface area contributed by atoms with Crippen LogP contribution in [0.1, 0.15) is 52.9 Å². The maximum absolute atomic E-state index is 6.42. The zero-order valence-corrected chi connectivity index (χ0v) is 13.0. The van der Waals surface area contributed by atoms with E-state index in [4.69, 9.17) is 4.74 Å². The predicted octanol–water partition coefficient (Wildman–Crippen LogP) is 4.43. The lowest BCUT2D eigenvalue weighted by atomic mass is 9.66. The van der Waals surface area contributed by atoms with Gasteiger partial charge in [-0.3, -0.25) is 0 Å². The number of ether oxygens (including phenoxy) is 1. The molecule has 2 aliphatic carbocycles. The Bertz CT molecular complexity index is 251. The van der Waals surface area contributed by atoms with Crippen LogP contribution in [0.3, 0.4) is 0 Å². The average Bonchev–Trinajstić information content (AvgIpc) is 2.80. The van der Waals surface area contributed by atoms with Gasteiger partial charge in [0.25, 0.3) is 0 Å². The van der Waals surface area contributed by atoms with Gasteiger partial charge in [0, 0.05) is 11.0 Å². The summed E-state index contributed by atoms with van der Waals surface area (Å²) in [6.45, 7) is 8.10. The second-order valence-corrected chi connectivity index (χ2v) is 6.92. The fraction of sp³-hybridized carbons (Fsp3) is 1.00. The average molecular weight is 336 g/mol. The molecule has 0 heterocycles. The number of unbranched alkanes of at least 4 members (excludes halogenated alkanes) is 1. The number of alkyl halides is 1. The van der Waals surface area contributed by atoms with Crippen LogP contribution in [0.2, 0.25) is 0 Å². The summed E-state index contributed by atoms with van der Waals surface area (Å²) < 4.78 is 7.59. The molecule has 0 aliphatic heterocycles. The Balaban J connectivity index is 2.13. The summed E-state index contributed by atoms with van der Waals surface area (Å²) >= 11 is 2.55. The SMILES string of the molecule is CCCCOC1(CI)C2CCC(C2)C1(C)C. The zero-order valence-electron chi connectivity index (χ0n) is 10.9. The number of rotatable bonds is 5. The van der Waals surface area contributed by atoms with Gasteiger partial charge in [0.2, 0.25) is 0 Å². The molecule has 0 amide bonds. The summed E-state index contributed by atoms with van der Waals surface area (Å²) in [6, 6.07) is 0. The summed E-state index contributed by atoms with van der Waals surface area (Å²) in [5.74, 6) is 1.75. The molecule has 0 N–H and O–H groups in total. The van der Waals surface area contributed by atoms with Crippen LogP contribution in [0.4, 0.5) is 0 Å². The topological polar surface area (TPSA) is 9.23 Å². The van der Waals surface area contributed by atoms with E-state index in [2.05, 4.69) is 43.4 Å². The van der Waals surface area contributed by atoms with Crippen molar-refractivity contribution >= 4 is 22.6 Å². The van der Waals surface area contributed by atoms with Gasteiger partial charge < -0.3 is 4.74 Å². The summed E-state index contributed by atoms with van der Waals surface area (Å²) in [7, 11) is 0. The van der Waals surface area contributed by atoms with Crippen molar-refractivity contribution < 1.29 is 4.74 Å². The van der Waals surface area contributed by atoms with Crippen LogP contribution >= 0.6 is 22.6 Å². The lowest BCUT2D eigenvalue weighted by molar-refractivity contribution is -0.136. The quantitative estimate of drug-likeness (QED) is 0.410. The lowest BCUT2D eigenvalue weighted by Gasteiger charge is -2.48. The third-order valence-corrected chi connectivity index (χ3v) is 6.39. The first-order valence-corrected chi connectivity index (χ1v) is 8.31. The monoisotopic (exact) mass is 336 g/mol. The second-order valence-electron chi connectivity index (χ2n) is 6.15. The first-order valence-electron chi connectivity index (χ1n) is 6.78. The molecule has 0 radical (unpaired) electrons. The first-order chi connectivity index (χ1) is 7.58. The van der Waals surface area contributed by atoms with Crippen LogP contribution in [0.15, 0.2) is 0 Å². The summed E-state index contributed by atoms with van der Waals surface area (Å²) in [4.78, 5) is 0. The van der Waals surface area contributed by atoms with Gasteiger partial charge >= 0.3 is 0 Å². The second kappa shape index (κ2) is 4.75. The van der Waals surface area contributed by atoms with E-state index in [1.165, 1.54) is 36.5 Å². The molecule has 0 spiro atoms. The Morgan fingerprint density at radius 3 is 2.44 bits per heavy atom. The number of hydrogen-bond acceptors (Lipinski definition) is 1. The van der Waals surface area contributed by atoms with Crippen LogP contribution in [0.5, 0.6) is 0 Å². The van der Waals surface area contributed by atoms with Crippen LogP contribution in [-0.4, -0.2) is 16.6 Å². The number of hydrogen-bond donors (Lipinski definition) is 0. The molecule has 2 saturated carbocycles. The molecule has 2 heteroatoms. The molecule has 2 aliphatic rings. The highest BCUT2D eigenvalue weighted by atomic mass is 127. The Hall–Kier alpha value is 0.690. The maximum Gasteiger partial charge on any atom is 0.0852 e. The number of fused-ring (bicyclic) bond motifs is 2. The summed E-state index contributed by atoms with van der Waals surface area (Å²) in [5, 5.41) is 0. The largest absolute Gasteiger partial charge is 0.373 e. The fourth-order valence-electron chi connectivity index (χ4n) is 3.95. The molecule has 0 aromatic carbocycles. The van der Waals surface area contributed by atoms with Gasteiger partial charge in [-0.2, -0.15) is 0 Å². The molecular formula is C14H25IO. The van der Waals surface area contributed by atoms with Gasteiger partial charge in [-0.1, -0.05) is 49.8 Å². The molecular weight excluding hydrogens is 311 g/mol. The van der Waals surface area contributed by atoms with Gasteiger partial charge in [0.15, 0.2) is 0 Å². The van der Waals surface area contributed by atoms with Crippen LogP contribution in [0, 0.1) is 17.3 Å². The van der Waals surface area contributed by atoms with E-state index in [1.54, 1.807) is 0 Å². The van der Waals surface area contributed by atoms with Gasteiger partial charge in [0.05, 0.1) is 5.60 Å². The normalized spacial score (nSPS) is 40.5. The predicted molar refractivity (Wildman–Crippen MR) is 77.1 cm³/mol. The van der Waals surface area contributed by atoms with Crippen LogP contribution < -0.4 is 0 Å². The van der Waals surface area contributed by atoms with Gasteiger partial charge in [0.1, 0.15) is 0 Å². The third-order valence-electron chi connectivity index (χ3n) is 5.26. The van der Waals surface area contributed by atoms with E-state index >= 15 is 0 Å². The lowest BCUT2D eigenvalue weighted by Crippen LogP contribution is -2.53. The van der Waals surface area contributed by atoms with Crippen molar-refractivity contribution in [2.75, 3.05) is 11.0 Å². The van der Waals surface area contributed by atoms with E-state index in [-0.39, 0.29) is 5.60 Å². The minimum atomic E-state index is 0.186. The molecule has 16 heavy (non-hydrogen) atoms. The van der Waals surface area contributed by atoms with Crippen molar-refractivity contribution in [3.63, 3.8) is 0 Å². The standard InChI is InChI=1S/C14H25IO/c1-4-5-8-16-14(10-15)12-7-6-11(9-12)13(14,2)3/h11-12H,4-10H2,1-3H3. The van der Waals surface area contributed by atoms with Crippen molar-refractivity contribution in [1.29, 1.82) is 0 Å². The Labute approximate surface area is 114 Å².